The highest BCUT2D eigenvalue weighted by Crippen LogP contribution is 1.93. The zero-order valence-corrected chi connectivity index (χ0v) is 9.55. The maximum atomic E-state index is 5.16. The molecule has 0 unspecified atom stereocenters. The monoisotopic (exact) mass is 188 g/mol. The summed E-state index contributed by atoms with van der Waals surface area (Å²) in [6.45, 7) is 10.7. The zero-order valence-electron chi connectivity index (χ0n) is 9.55. The molecule has 3 nitrogen and oxygen atoms in total. The van der Waals surface area contributed by atoms with Gasteiger partial charge in [-0.25, -0.2) is 0 Å². The van der Waals surface area contributed by atoms with E-state index < -0.39 is 0 Å². The molecule has 1 rings (SSSR count). The van der Waals surface area contributed by atoms with Gasteiger partial charge in [-0.2, -0.15) is 0 Å². The largest absolute Gasteiger partial charge is 0.379 e. The molecule has 0 aromatic carbocycles. The molecule has 0 N–H and O–H groups in total. The highest BCUT2D eigenvalue weighted by molar-refractivity contribution is 4.57. The average Bonchev–Trinajstić information content (AvgIpc) is 2.20. The van der Waals surface area contributed by atoms with E-state index in [4.69, 9.17) is 4.74 Å². The summed E-state index contributed by atoms with van der Waals surface area (Å²) in [6, 6.07) is 0. The average molecular weight is 188 g/mol. The molecule has 0 amide bonds. The molecule has 80 valence electrons. The SMILES string of the molecule is CCN(C)C.CCN1CCOCC1. The van der Waals surface area contributed by atoms with Gasteiger partial charge >= 0.3 is 0 Å². The van der Waals surface area contributed by atoms with E-state index >= 15 is 0 Å². The fourth-order valence-electron chi connectivity index (χ4n) is 0.917. The number of ether oxygens (including phenoxy) is 1. The summed E-state index contributed by atoms with van der Waals surface area (Å²) < 4.78 is 5.16. The van der Waals surface area contributed by atoms with Gasteiger partial charge in [-0.3, -0.25) is 4.90 Å². The van der Waals surface area contributed by atoms with Crippen LogP contribution in [0.1, 0.15) is 13.8 Å². The third-order valence-corrected chi connectivity index (χ3v) is 2.18. The summed E-state index contributed by atoms with van der Waals surface area (Å²) in [5.74, 6) is 0. The van der Waals surface area contributed by atoms with E-state index in [1.165, 1.54) is 6.54 Å². The lowest BCUT2D eigenvalue weighted by atomic mass is 10.4. The van der Waals surface area contributed by atoms with Crippen LogP contribution in [0.2, 0.25) is 0 Å². The number of morpholine rings is 1. The van der Waals surface area contributed by atoms with Crippen molar-refractivity contribution in [1.82, 2.24) is 9.80 Å². The van der Waals surface area contributed by atoms with Crippen molar-refractivity contribution < 1.29 is 4.74 Å². The van der Waals surface area contributed by atoms with Crippen LogP contribution in [0.25, 0.3) is 0 Å². The lowest BCUT2D eigenvalue weighted by Gasteiger charge is -2.24. The van der Waals surface area contributed by atoms with Gasteiger partial charge in [0.05, 0.1) is 13.2 Å². The van der Waals surface area contributed by atoms with Crippen LogP contribution in [-0.2, 0) is 4.74 Å². The van der Waals surface area contributed by atoms with E-state index in [2.05, 4.69) is 37.7 Å². The Morgan fingerprint density at radius 1 is 1.15 bits per heavy atom. The lowest BCUT2D eigenvalue weighted by molar-refractivity contribution is 0.0405. The topological polar surface area (TPSA) is 15.7 Å². The third-order valence-electron chi connectivity index (χ3n) is 2.18. The van der Waals surface area contributed by atoms with Gasteiger partial charge in [0, 0.05) is 13.1 Å². The van der Waals surface area contributed by atoms with Crippen LogP contribution in [0.15, 0.2) is 0 Å². The van der Waals surface area contributed by atoms with Crippen LogP contribution in [0, 0.1) is 0 Å². The van der Waals surface area contributed by atoms with Gasteiger partial charge in [-0.05, 0) is 27.2 Å². The summed E-state index contributed by atoms with van der Waals surface area (Å²) in [5.41, 5.74) is 0. The smallest absolute Gasteiger partial charge is 0.0594 e. The van der Waals surface area contributed by atoms with E-state index in [1.54, 1.807) is 0 Å². The molecule has 1 aliphatic rings. The first-order valence-electron chi connectivity index (χ1n) is 5.15. The molecule has 0 radical (unpaired) electrons. The molecule has 0 spiro atoms. The molecule has 0 saturated carbocycles. The Morgan fingerprint density at radius 3 is 1.85 bits per heavy atom. The van der Waals surface area contributed by atoms with Gasteiger partial charge in [0.1, 0.15) is 0 Å². The predicted octanol–water partition coefficient (Wildman–Crippen LogP) is 0.906. The Morgan fingerprint density at radius 2 is 1.62 bits per heavy atom. The fourth-order valence-corrected chi connectivity index (χ4v) is 0.917. The predicted molar refractivity (Wildman–Crippen MR) is 57.2 cm³/mol. The molecule has 0 bridgehead atoms. The van der Waals surface area contributed by atoms with Crippen molar-refractivity contribution in [3.05, 3.63) is 0 Å². The van der Waals surface area contributed by atoms with Gasteiger partial charge in [0.15, 0.2) is 0 Å². The second-order valence-electron chi connectivity index (χ2n) is 3.44. The first kappa shape index (κ1) is 12.9. The lowest BCUT2D eigenvalue weighted by Crippen LogP contribution is -2.35. The maximum Gasteiger partial charge on any atom is 0.0594 e. The van der Waals surface area contributed by atoms with E-state index in [-0.39, 0.29) is 0 Å². The van der Waals surface area contributed by atoms with Crippen LogP contribution >= 0.6 is 0 Å². The quantitative estimate of drug-likeness (QED) is 0.640. The van der Waals surface area contributed by atoms with E-state index in [9.17, 15) is 0 Å². The van der Waals surface area contributed by atoms with Crippen molar-refractivity contribution >= 4 is 0 Å². The molecule has 0 atom stereocenters. The molecule has 1 heterocycles. The molecule has 1 fully saturated rings. The van der Waals surface area contributed by atoms with Crippen molar-refractivity contribution in [1.29, 1.82) is 0 Å². The second kappa shape index (κ2) is 8.48. The minimum Gasteiger partial charge on any atom is -0.379 e. The Balaban J connectivity index is 0.000000252. The number of hydrogen-bond acceptors (Lipinski definition) is 3. The first-order valence-corrected chi connectivity index (χ1v) is 5.15. The molecule has 0 aromatic heterocycles. The van der Waals surface area contributed by atoms with Crippen molar-refractivity contribution in [2.24, 2.45) is 0 Å². The van der Waals surface area contributed by atoms with Crippen LogP contribution in [0.5, 0.6) is 0 Å². The van der Waals surface area contributed by atoms with Crippen LogP contribution in [-0.4, -0.2) is 63.3 Å². The fraction of sp³-hybridized carbons (Fsp3) is 1.00. The van der Waals surface area contributed by atoms with Gasteiger partial charge < -0.3 is 9.64 Å². The van der Waals surface area contributed by atoms with Crippen molar-refractivity contribution in [2.45, 2.75) is 13.8 Å². The maximum absolute atomic E-state index is 5.16. The van der Waals surface area contributed by atoms with E-state index in [1.807, 2.05) is 0 Å². The summed E-state index contributed by atoms with van der Waals surface area (Å²) in [7, 11) is 4.11. The van der Waals surface area contributed by atoms with Gasteiger partial charge in [-0.1, -0.05) is 13.8 Å². The highest BCUT2D eigenvalue weighted by atomic mass is 16.5. The highest BCUT2D eigenvalue weighted by Gasteiger charge is 2.05. The minimum atomic E-state index is 0.924. The molecule has 3 heteroatoms. The summed E-state index contributed by atoms with van der Waals surface area (Å²) in [4.78, 5) is 4.52. The normalized spacial score (nSPS) is 18.2. The van der Waals surface area contributed by atoms with Gasteiger partial charge in [0.25, 0.3) is 0 Å². The molecular weight excluding hydrogens is 164 g/mol. The molecule has 13 heavy (non-hydrogen) atoms. The Kier molecular flexibility index (Phi) is 8.40. The van der Waals surface area contributed by atoms with Crippen LogP contribution < -0.4 is 0 Å². The van der Waals surface area contributed by atoms with Crippen molar-refractivity contribution in [3.63, 3.8) is 0 Å². The van der Waals surface area contributed by atoms with Crippen molar-refractivity contribution in [3.8, 4) is 0 Å². The zero-order chi connectivity index (χ0) is 10.1. The first-order chi connectivity index (χ1) is 6.20. The molecule has 0 aromatic rings. The van der Waals surface area contributed by atoms with Crippen molar-refractivity contribution in [2.75, 3.05) is 53.5 Å². The second-order valence-corrected chi connectivity index (χ2v) is 3.44. The Bertz CT molecular complexity index is 101. The van der Waals surface area contributed by atoms with Gasteiger partial charge in [-0.15, -0.1) is 0 Å². The van der Waals surface area contributed by atoms with E-state index in [0.717, 1.165) is 32.8 Å². The van der Waals surface area contributed by atoms with Gasteiger partial charge in [0.2, 0.25) is 0 Å². The van der Waals surface area contributed by atoms with Crippen LogP contribution in [0.4, 0.5) is 0 Å². The number of likely N-dealkylation sites (N-methyl/N-ethyl adjacent to an activating group) is 1. The summed E-state index contributed by atoms with van der Waals surface area (Å²) in [5, 5.41) is 0. The Hall–Kier alpha value is -0.120. The molecule has 1 saturated heterocycles. The Labute approximate surface area is 82.7 Å². The van der Waals surface area contributed by atoms with Crippen LogP contribution in [0.3, 0.4) is 0 Å². The third kappa shape index (κ3) is 8.22. The number of rotatable bonds is 2. The minimum absolute atomic E-state index is 0.924. The summed E-state index contributed by atoms with van der Waals surface area (Å²) >= 11 is 0. The molecule has 0 aliphatic carbocycles. The number of nitrogens with zero attached hydrogens (tertiary/aromatic N) is 2. The summed E-state index contributed by atoms with van der Waals surface area (Å²) in [6.07, 6.45) is 0. The standard InChI is InChI=1S/C6H13NO.C4H11N/c1-2-7-3-5-8-6-4-7;1-4-5(2)3/h2-6H2,1H3;4H2,1-3H3. The van der Waals surface area contributed by atoms with E-state index in [0.29, 0.717) is 0 Å². The molecule has 1 aliphatic heterocycles. The number of hydrogen-bond donors (Lipinski definition) is 0. The molecular formula is C10H24N2O.